The van der Waals surface area contributed by atoms with Gasteiger partial charge in [-0.2, -0.15) is 18.3 Å². The second kappa shape index (κ2) is 6.51. The molecule has 0 saturated carbocycles. The Balaban J connectivity index is 2.08. The molecule has 0 aliphatic carbocycles. The Hall–Kier alpha value is -1.50. The minimum atomic E-state index is -4.46. The summed E-state index contributed by atoms with van der Waals surface area (Å²) >= 11 is 5.72. The van der Waals surface area contributed by atoms with Crippen molar-refractivity contribution in [2.24, 2.45) is 5.92 Å². The van der Waals surface area contributed by atoms with Crippen molar-refractivity contribution in [2.45, 2.75) is 25.9 Å². The number of aromatic nitrogens is 3. The van der Waals surface area contributed by atoms with E-state index in [-0.39, 0.29) is 0 Å². The van der Waals surface area contributed by atoms with Gasteiger partial charge in [0.05, 0.1) is 0 Å². The van der Waals surface area contributed by atoms with Gasteiger partial charge < -0.3 is 5.32 Å². The molecular weight excluding hydrogens is 305 g/mol. The van der Waals surface area contributed by atoms with Crippen molar-refractivity contribution < 1.29 is 13.2 Å². The van der Waals surface area contributed by atoms with E-state index in [9.17, 15) is 13.2 Å². The van der Waals surface area contributed by atoms with Crippen LogP contribution < -0.4 is 5.32 Å². The maximum Gasteiger partial charge on any atom is 0.435 e. The average molecular weight is 321 g/mol. The summed E-state index contributed by atoms with van der Waals surface area (Å²) in [6.45, 7) is 2.68. The van der Waals surface area contributed by atoms with E-state index in [0.29, 0.717) is 29.7 Å². The predicted octanol–water partition coefficient (Wildman–Crippen LogP) is 3.82. The summed E-state index contributed by atoms with van der Waals surface area (Å²) in [5.41, 5.74) is -0.607. The van der Waals surface area contributed by atoms with Gasteiger partial charge in [0, 0.05) is 30.9 Å². The largest absolute Gasteiger partial charge is 0.435 e. The Morgan fingerprint density at radius 2 is 2.19 bits per heavy atom. The fourth-order valence-corrected chi connectivity index (χ4v) is 2.09. The van der Waals surface area contributed by atoms with Gasteiger partial charge in [-0.25, -0.2) is 9.50 Å². The van der Waals surface area contributed by atoms with Crippen LogP contribution in [-0.2, 0) is 6.18 Å². The zero-order valence-corrected chi connectivity index (χ0v) is 12.2. The lowest BCUT2D eigenvalue weighted by atomic mass is 10.1. The molecule has 4 nitrogen and oxygen atoms in total. The lowest BCUT2D eigenvalue weighted by Crippen LogP contribution is -2.07. The molecule has 1 N–H and O–H groups in total. The van der Waals surface area contributed by atoms with Crippen molar-refractivity contribution in [1.82, 2.24) is 14.6 Å². The number of alkyl halides is 4. The van der Waals surface area contributed by atoms with E-state index in [0.717, 1.165) is 18.9 Å². The van der Waals surface area contributed by atoms with Crippen LogP contribution in [0.5, 0.6) is 0 Å². The molecule has 0 radical (unpaired) electrons. The molecule has 0 spiro atoms. The van der Waals surface area contributed by atoms with Gasteiger partial charge in [0.15, 0.2) is 11.5 Å². The van der Waals surface area contributed by atoms with Crippen LogP contribution in [0.2, 0.25) is 0 Å². The van der Waals surface area contributed by atoms with Crippen molar-refractivity contribution >= 4 is 22.9 Å². The van der Waals surface area contributed by atoms with Crippen LogP contribution in [0.15, 0.2) is 18.5 Å². The van der Waals surface area contributed by atoms with E-state index in [4.69, 9.17) is 11.6 Å². The molecule has 116 valence electrons. The Morgan fingerprint density at radius 3 is 2.86 bits per heavy atom. The zero-order chi connectivity index (χ0) is 15.5. The third-order valence-electron chi connectivity index (χ3n) is 3.11. The van der Waals surface area contributed by atoms with Crippen molar-refractivity contribution in [3.8, 4) is 0 Å². The van der Waals surface area contributed by atoms with Crippen molar-refractivity contribution in [2.75, 3.05) is 17.7 Å². The Morgan fingerprint density at radius 1 is 1.43 bits per heavy atom. The van der Waals surface area contributed by atoms with E-state index < -0.39 is 11.9 Å². The van der Waals surface area contributed by atoms with Crippen LogP contribution in [0.1, 0.15) is 25.5 Å². The first-order valence-corrected chi connectivity index (χ1v) is 7.16. The highest BCUT2D eigenvalue weighted by atomic mass is 35.5. The van der Waals surface area contributed by atoms with Crippen LogP contribution in [0.4, 0.5) is 19.0 Å². The Labute approximate surface area is 125 Å². The van der Waals surface area contributed by atoms with Crippen molar-refractivity contribution in [1.29, 1.82) is 0 Å². The molecule has 1 atom stereocenters. The smallest absolute Gasteiger partial charge is 0.368 e. The molecule has 2 aromatic rings. The number of rotatable bonds is 6. The number of fused-ring (bicyclic) bond motifs is 1. The molecule has 21 heavy (non-hydrogen) atoms. The maximum atomic E-state index is 12.7. The van der Waals surface area contributed by atoms with E-state index >= 15 is 0 Å². The number of halogens is 4. The normalized spacial score (nSPS) is 13.6. The summed E-state index contributed by atoms with van der Waals surface area (Å²) in [5, 5.41) is 6.56. The lowest BCUT2D eigenvalue weighted by Gasteiger charge is -2.09. The number of hydrogen-bond acceptors (Lipinski definition) is 3. The third kappa shape index (κ3) is 4.00. The molecule has 0 aliphatic heterocycles. The predicted molar refractivity (Wildman–Crippen MR) is 75.6 cm³/mol. The summed E-state index contributed by atoms with van der Waals surface area (Å²) in [4.78, 5) is 4.07. The third-order valence-corrected chi connectivity index (χ3v) is 3.64. The highest BCUT2D eigenvalue weighted by Gasteiger charge is 2.34. The summed E-state index contributed by atoms with van der Waals surface area (Å²) in [6, 6.07) is 0.997. The monoisotopic (exact) mass is 320 g/mol. The first-order chi connectivity index (χ1) is 9.91. The van der Waals surface area contributed by atoms with Crippen LogP contribution in [-0.4, -0.2) is 27.0 Å². The second-order valence-electron chi connectivity index (χ2n) is 4.96. The molecule has 0 bridgehead atoms. The highest BCUT2D eigenvalue weighted by Crippen LogP contribution is 2.30. The molecule has 0 aromatic carbocycles. The van der Waals surface area contributed by atoms with Crippen LogP contribution in [0.3, 0.4) is 0 Å². The summed E-state index contributed by atoms with van der Waals surface area (Å²) < 4.78 is 39.2. The van der Waals surface area contributed by atoms with Crippen molar-refractivity contribution in [3.05, 3.63) is 24.2 Å². The van der Waals surface area contributed by atoms with Crippen molar-refractivity contribution in [3.63, 3.8) is 0 Å². The first kappa shape index (κ1) is 15.9. The van der Waals surface area contributed by atoms with Crippen LogP contribution in [0.25, 0.3) is 5.52 Å². The van der Waals surface area contributed by atoms with Gasteiger partial charge in [0.1, 0.15) is 5.52 Å². The van der Waals surface area contributed by atoms with E-state index in [1.165, 1.54) is 16.9 Å². The molecule has 0 aliphatic rings. The SMILES string of the molecule is CC(CCl)CCCNc1nccn2nc(C(F)(F)F)cc12. The maximum absolute atomic E-state index is 12.7. The summed E-state index contributed by atoms with van der Waals surface area (Å²) in [5.74, 6) is 1.42. The Bertz CT molecular complexity index is 597. The van der Waals surface area contributed by atoms with Gasteiger partial charge in [-0.05, 0) is 18.8 Å². The molecule has 0 amide bonds. The van der Waals surface area contributed by atoms with Gasteiger partial charge in [0.25, 0.3) is 0 Å². The number of nitrogens with one attached hydrogen (secondary N) is 1. The number of hydrogen-bond donors (Lipinski definition) is 1. The molecule has 2 aromatic heterocycles. The second-order valence-corrected chi connectivity index (χ2v) is 5.27. The van der Waals surface area contributed by atoms with Gasteiger partial charge in [-0.15, -0.1) is 11.6 Å². The van der Waals surface area contributed by atoms with Gasteiger partial charge in [-0.1, -0.05) is 6.92 Å². The van der Waals surface area contributed by atoms with Gasteiger partial charge in [-0.3, -0.25) is 0 Å². The van der Waals surface area contributed by atoms with Gasteiger partial charge in [0.2, 0.25) is 0 Å². The number of nitrogens with zero attached hydrogens (tertiary/aromatic N) is 3. The topological polar surface area (TPSA) is 42.2 Å². The lowest BCUT2D eigenvalue weighted by molar-refractivity contribution is -0.141. The average Bonchev–Trinajstić information content (AvgIpc) is 2.88. The summed E-state index contributed by atoms with van der Waals surface area (Å²) in [6.07, 6.45) is 0.178. The quantitative estimate of drug-likeness (QED) is 0.650. The fraction of sp³-hybridized carbons (Fsp3) is 0.538. The molecule has 8 heteroatoms. The van der Waals surface area contributed by atoms with Crippen LogP contribution >= 0.6 is 11.6 Å². The van der Waals surface area contributed by atoms with E-state index in [2.05, 4.69) is 22.3 Å². The zero-order valence-electron chi connectivity index (χ0n) is 11.5. The Kier molecular flexibility index (Phi) is 4.92. The first-order valence-electron chi connectivity index (χ1n) is 6.63. The molecular formula is C13H16ClF3N4. The minimum absolute atomic E-state index is 0.315. The summed E-state index contributed by atoms with van der Waals surface area (Å²) in [7, 11) is 0. The van der Waals surface area contributed by atoms with Crippen LogP contribution in [0, 0.1) is 5.92 Å². The molecule has 2 heterocycles. The fourth-order valence-electron chi connectivity index (χ4n) is 1.93. The molecule has 0 saturated heterocycles. The van der Waals surface area contributed by atoms with E-state index in [1.807, 2.05) is 0 Å². The van der Waals surface area contributed by atoms with Gasteiger partial charge >= 0.3 is 6.18 Å². The minimum Gasteiger partial charge on any atom is -0.368 e. The number of anilines is 1. The molecule has 2 rings (SSSR count). The molecule has 1 unspecified atom stereocenters. The van der Waals surface area contributed by atoms with E-state index in [1.54, 1.807) is 0 Å². The molecule has 0 fully saturated rings. The standard InChI is InChI=1S/C13H16ClF3N4/c1-9(8-14)3-2-4-18-12-10-7-11(13(15,16)17)20-21(10)6-5-19-12/h5-7,9H,2-4,8H2,1H3,(H,18,19). The highest BCUT2D eigenvalue weighted by molar-refractivity contribution is 6.18.